The highest BCUT2D eigenvalue weighted by Crippen LogP contribution is 2.26. The summed E-state index contributed by atoms with van der Waals surface area (Å²) in [6.07, 6.45) is 1.31. The van der Waals surface area contributed by atoms with E-state index in [1.165, 1.54) is 11.3 Å². The maximum absolute atomic E-state index is 11.0. The number of benzene rings is 1. The van der Waals surface area contributed by atoms with Gasteiger partial charge in [0, 0.05) is 21.8 Å². The number of hydrogen-bond donors (Lipinski definition) is 1. The molecular weight excluding hydrogens is 473 g/mol. The molecule has 0 aliphatic rings. The number of thiazole rings is 1. The van der Waals surface area contributed by atoms with E-state index >= 15 is 0 Å². The largest absolute Gasteiger partial charge is 0.481 e. The Labute approximate surface area is 200 Å². The lowest BCUT2D eigenvalue weighted by Crippen LogP contribution is -2.10. The maximum Gasteiger partial charge on any atom is 0.308 e. The van der Waals surface area contributed by atoms with Crippen molar-refractivity contribution in [3.05, 3.63) is 55.5 Å². The second kappa shape index (κ2) is 11.0. The number of hydrogen-bond acceptors (Lipinski definition) is 6. The molecule has 32 heavy (non-hydrogen) atoms. The van der Waals surface area contributed by atoms with Gasteiger partial charge in [-0.2, -0.15) is 0 Å². The molecule has 0 fully saturated rings. The molecule has 0 saturated heterocycles. The summed E-state index contributed by atoms with van der Waals surface area (Å²) in [6.45, 7) is 6.63. The molecule has 0 amide bonds. The molecule has 1 N–H and O–H groups in total. The molecular formula is C22H25Cl2N3O4S. The van der Waals surface area contributed by atoms with Crippen LogP contribution in [0.2, 0.25) is 10.0 Å². The number of nitrogens with zero attached hydrogens (tertiary/aromatic N) is 3. The van der Waals surface area contributed by atoms with Gasteiger partial charge in [-0.25, -0.2) is 4.98 Å². The first-order valence-electron chi connectivity index (χ1n) is 10.2. The molecule has 0 saturated carbocycles. The van der Waals surface area contributed by atoms with Gasteiger partial charge in [0.05, 0.1) is 35.6 Å². The van der Waals surface area contributed by atoms with Crippen molar-refractivity contribution in [2.45, 2.75) is 52.7 Å². The molecule has 172 valence electrons. The van der Waals surface area contributed by atoms with Gasteiger partial charge >= 0.3 is 5.97 Å². The lowest BCUT2D eigenvalue weighted by atomic mass is 10.2. The first kappa shape index (κ1) is 24.4. The van der Waals surface area contributed by atoms with Crippen molar-refractivity contribution < 1.29 is 19.4 Å². The molecule has 3 aromatic rings. The van der Waals surface area contributed by atoms with Gasteiger partial charge < -0.3 is 14.6 Å². The number of halogens is 2. The fourth-order valence-corrected chi connectivity index (χ4v) is 4.45. The van der Waals surface area contributed by atoms with E-state index in [9.17, 15) is 4.79 Å². The molecule has 0 unspecified atom stereocenters. The zero-order chi connectivity index (χ0) is 23.3. The van der Waals surface area contributed by atoms with E-state index in [4.69, 9.17) is 37.8 Å². The van der Waals surface area contributed by atoms with Gasteiger partial charge in [0.1, 0.15) is 0 Å². The predicted octanol–water partition coefficient (Wildman–Crippen LogP) is 5.43. The Hall–Kier alpha value is -2.29. The summed E-state index contributed by atoms with van der Waals surface area (Å²) in [5, 5.41) is 15.6. The van der Waals surface area contributed by atoms with E-state index in [0.29, 0.717) is 52.7 Å². The predicted molar refractivity (Wildman–Crippen MR) is 126 cm³/mol. The number of carboxylic acid groups (broad SMARTS) is 1. The average Bonchev–Trinajstić information content (AvgIpc) is 3.22. The maximum atomic E-state index is 11.0. The van der Waals surface area contributed by atoms with Crippen molar-refractivity contribution in [3.63, 3.8) is 0 Å². The summed E-state index contributed by atoms with van der Waals surface area (Å²) >= 11 is 13.7. The Bertz CT molecular complexity index is 1080. The molecule has 0 spiro atoms. The zero-order valence-corrected chi connectivity index (χ0v) is 20.4. The first-order valence-corrected chi connectivity index (χ1v) is 11.8. The summed E-state index contributed by atoms with van der Waals surface area (Å²) in [7, 11) is 0. The number of aromatic nitrogens is 3. The van der Waals surface area contributed by atoms with Crippen LogP contribution in [0.3, 0.4) is 0 Å². The molecule has 0 aliphatic heterocycles. The van der Waals surface area contributed by atoms with Gasteiger partial charge in [-0.05, 0) is 51.3 Å². The minimum atomic E-state index is -0.902. The van der Waals surface area contributed by atoms with Gasteiger partial charge in [0.2, 0.25) is 11.8 Å². The summed E-state index contributed by atoms with van der Waals surface area (Å²) in [5.74, 6) is 0.0565. The van der Waals surface area contributed by atoms with Gasteiger partial charge in [-0.1, -0.05) is 29.3 Å². The van der Waals surface area contributed by atoms with Crippen LogP contribution >= 0.6 is 34.5 Å². The fourth-order valence-electron chi connectivity index (χ4n) is 3.11. The highest BCUT2D eigenvalue weighted by atomic mass is 35.5. The first-order chi connectivity index (χ1) is 15.2. The molecule has 0 atom stereocenters. The number of ether oxygens (including phenoxy) is 2. The molecule has 3 rings (SSSR count). The molecule has 1 aromatic carbocycles. The van der Waals surface area contributed by atoms with Gasteiger partial charge in [-0.15, -0.1) is 16.4 Å². The average molecular weight is 498 g/mol. The number of aliphatic carboxylic acids is 1. The molecule has 2 aromatic heterocycles. The van der Waals surface area contributed by atoms with Crippen molar-refractivity contribution in [3.8, 4) is 11.8 Å². The van der Waals surface area contributed by atoms with Crippen LogP contribution in [-0.4, -0.2) is 38.6 Å². The summed E-state index contributed by atoms with van der Waals surface area (Å²) in [5.41, 5.74) is 1.89. The van der Waals surface area contributed by atoms with Gasteiger partial charge in [-0.3, -0.25) is 9.48 Å². The molecule has 0 aliphatic carbocycles. The monoisotopic (exact) mass is 497 g/mol. The van der Waals surface area contributed by atoms with E-state index in [0.717, 1.165) is 16.3 Å². The second-order valence-corrected chi connectivity index (χ2v) is 9.65. The smallest absolute Gasteiger partial charge is 0.308 e. The molecule has 10 heteroatoms. The Morgan fingerprint density at radius 1 is 1.28 bits per heavy atom. The second-order valence-electron chi connectivity index (χ2n) is 7.52. The third kappa shape index (κ3) is 6.85. The minimum absolute atomic E-state index is 0.00853. The van der Waals surface area contributed by atoms with Crippen LogP contribution in [0.4, 0.5) is 0 Å². The van der Waals surface area contributed by atoms with Crippen LogP contribution in [-0.2, 0) is 24.2 Å². The number of carbonyl (C=O) groups is 1. The van der Waals surface area contributed by atoms with Crippen molar-refractivity contribution in [1.29, 1.82) is 0 Å². The fraction of sp³-hybridized carbons (Fsp3) is 0.409. The van der Waals surface area contributed by atoms with Crippen LogP contribution in [0, 0.1) is 6.92 Å². The van der Waals surface area contributed by atoms with E-state index in [-0.39, 0.29) is 12.5 Å². The quantitative estimate of drug-likeness (QED) is 0.355. The molecule has 0 radical (unpaired) electrons. The summed E-state index contributed by atoms with van der Waals surface area (Å²) in [4.78, 5) is 16.0. The van der Waals surface area contributed by atoms with Crippen LogP contribution in [0.5, 0.6) is 11.8 Å². The summed E-state index contributed by atoms with van der Waals surface area (Å²) in [6, 6.07) is 7.32. The Kier molecular flexibility index (Phi) is 8.39. The lowest BCUT2D eigenvalue weighted by molar-refractivity contribution is -0.136. The minimum Gasteiger partial charge on any atom is -0.481 e. The van der Waals surface area contributed by atoms with Crippen molar-refractivity contribution in [1.82, 2.24) is 14.8 Å². The number of aryl methyl sites for hydroxylation is 2. The van der Waals surface area contributed by atoms with E-state index in [2.05, 4.69) is 10.1 Å². The lowest BCUT2D eigenvalue weighted by Gasteiger charge is -2.10. The molecule has 0 bridgehead atoms. The van der Waals surface area contributed by atoms with E-state index in [1.54, 1.807) is 12.1 Å². The van der Waals surface area contributed by atoms with E-state index < -0.39 is 5.97 Å². The molecule has 7 nitrogen and oxygen atoms in total. The normalized spacial score (nSPS) is 11.2. The Morgan fingerprint density at radius 2 is 2.06 bits per heavy atom. The zero-order valence-electron chi connectivity index (χ0n) is 18.1. The Morgan fingerprint density at radius 3 is 2.75 bits per heavy atom. The SMILES string of the molecule is Cc1nc(OCCCc2cc(OC(C)C)nn2Cc2ccc(Cl)cc2Cl)c(CC(=O)O)s1. The van der Waals surface area contributed by atoms with Crippen molar-refractivity contribution in [2.75, 3.05) is 6.61 Å². The third-order valence-corrected chi connectivity index (χ3v) is 5.97. The van der Waals surface area contributed by atoms with Crippen LogP contribution in [0.15, 0.2) is 24.3 Å². The standard InChI is InChI=1S/C22H25Cl2N3O4S/c1-13(2)31-20-10-17(27(26-20)12-15-6-7-16(23)9-18(15)24)5-4-8-30-22-19(11-21(28)29)32-14(3)25-22/h6-7,9-10,13H,4-5,8,11-12H2,1-3H3,(H,28,29). The van der Waals surface area contributed by atoms with Crippen LogP contribution in [0.1, 0.15) is 41.4 Å². The molecule has 2 heterocycles. The van der Waals surface area contributed by atoms with Gasteiger partial charge in [0.15, 0.2) is 0 Å². The third-order valence-electron chi connectivity index (χ3n) is 4.43. The highest BCUT2D eigenvalue weighted by Gasteiger charge is 2.15. The topological polar surface area (TPSA) is 86.5 Å². The highest BCUT2D eigenvalue weighted by molar-refractivity contribution is 7.11. The van der Waals surface area contributed by atoms with Crippen LogP contribution in [0.25, 0.3) is 0 Å². The number of rotatable bonds is 11. The van der Waals surface area contributed by atoms with Gasteiger partial charge in [0.25, 0.3) is 0 Å². The van der Waals surface area contributed by atoms with Crippen molar-refractivity contribution >= 4 is 40.5 Å². The number of carboxylic acids is 1. The van der Waals surface area contributed by atoms with Crippen molar-refractivity contribution in [2.24, 2.45) is 0 Å². The summed E-state index contributed by atoms with van der Waals surface area (Å²) < 4.78 is 13.4. The Balaban J connectivity index is 1.67. The van der Waals surface area contributed by atoms with E-state index in [1.807, 2.05) is 37.6 Å². The van der Waals surface area contributed by atoms with Crippen LogP contribution < -0.4 is 9.47 Å².